The number of rotatable bonds is 0. The van der Waals surface area contributed by atoms with Crippen molar-refractivity contribution in [2.24, 2.45) is 11.8 Å². The fourth-order valence-corrected chi connectivity index (χ4v) is 2.57. The lowest BCUT2D eigenvalue weighted by Crippen LogP contribution is -2.34. The molecule has 0 aromatic heterocycles. The molecule has 3 atom stereocenters. The molecule has 11 heavy (non-hydrogen) atoms. The summed E-state index contributed by atoms with van der Waals surface area (Å²) >= 11 is 0. The lowest BCUT2D eigenvalue weighted by Gasteiger charge is -2.38. The van der Waals surface area contributed by atoms with E-state index >= 15 is 0 Å². The van der Waals surface area contributed by atoms with Crippen molar-refractivity contribution in [1.29, 1.82) is 0 Å². The van der Waals surface area contributed by atoms with E-state index in [1.807, 2.05) is 0 Å². The van der Waals surface area contributed by atoms with Gasteiger partial charge in [0.2, 0.25) is 0 Å². The predicted octanol–water partition coefficient (Wildman–Crippen LogP) is 2.60. The molecule has 1 aliphatic carbocycles. The molecular weight excluding hydrogens is 136 g/mol. The van der Waals surface area contributed by atoms with Crippen molar-refractivity contribution in [1.82, 2.24) is 0 Å². The van der Waals surface area contributed by atoms with Crippen molar-refractivity contribution in [3.63, 3.8) is 0 Å². The van der Waals surface area contributed by atoms with E-state index in [0.29, 0.717) is 6.10 Å². The second kappa shape index (κ2) is 3.14. The molecule has 0 aromatic rings. The molecule has 2 rings (SSSR count). The van der Waals surface area contributed by atoms with Crippen LogP contribution in [0.5, 0.6) is 0 Å². The first kappa shape index (κ1) is 7.60. The van der Waals surface area contributed by atoms with E-state index in [2.05, 4.69) is 6.92 Å². The Kier molecular flexibility index (Phi) is 2.17. The normalized spacial score (nSPS) is 45.0. The molecule has 1 saturated carbocycles. The standard InChI is InChI=1S/C10H18O/c1-8-4-5-10-9(7-8)3-2-6-11-10/h8-10H,2-7H2,1H3/t8-,9-,10?/m1/s1. The molecule has 1 nitrogen and oxygen atoms in total. The second-order valence-electron chi connectivity index (χ2n) is 4.23. The Bertz CT molecular complexity index is 133. The summed E-state index contributed by atoms with van der Waals surface area (Å²) in [7, 11) is 0. The first-order valence-electron chi connectivity index (χ1n) is 4.98. The van der Waals surface area contributed by atoms with Gasteiger partial charge >= 0.3 is 0 Å². The highest BCUT2D eigenvalue weighted by atomic mass is 16.5. The van der Waals surface area contributed by atoms with Gasteiger partial charge in [0, 0.05) is 6.61 Å². The number of hydrogen-bond donors (Lipinski definition) is 0. The molecule has 1 heterocycles. The average molecular weight is 154 g/mol. The van der Waals surface area contributed by atoms with E-state index in [1.54, 1.807) is 0 Å². The average Bonchev–Trinajstić information content (AvgIpc) is 2.04. The number of fused-ring (bicyclic) bond motifs is 1. The maximum atomic E-state index is 5.73. The molecule has 2 aliphatic rings. The first-order chi connectivity index (χ1) is 5.36. The number of ether oxygens (including phenoxy) is 1. The summed E-state index contributed by atoms with van der Waals surface area (Å²) in [5.41, 5.74) is 0. The Morgan fingerprint density at radius 1 is 1.18 bits per heavy atom. The van der Waals surface area contributed by atoms with Crippen molar-refractivity contribution in [2.45, 2.75) is 45.1 Å². The Labute approximate surface area is 69.1 Å². The van der Waals surface area contributed by atoms with Crippen molar-refractivity contribution < 1.29 is 4.74 Å². The minimum atomic E-state index is 0.639. The van der Waals surface area contributed by atoms with Gasteiger partial charge in [0.25, 0.3) is 0 Å². The molecule has 0 bridgehead atoms. The summed E-state index contributed by atoms with van der Waals surface area (Å²) < 4.78 is 5.73. The third-order valence-corrected chi connectivity index (χ3v) is 3.23. The molecule has 0 aromatic carbocycles. The fourth-order valence-electron chi connectivity index (χ4n) is 2.57. The monoisotopic (exact) mass is 154 g/mol. The van der Waals surface area contributed by atoms with Crippen LogP contribution in [-0.4, -0.2) is 12.7 Å². The van der Waals surface area contributed by atoms with Crippen molar-refractivity contribution in [2.75, 3.05) is 6.61 Å². The van der Waals surface area contributed by atoms with E-state index in [0.717, 1.165) is 18.4 Å². The molecule has 1 unspecified atom stereocenters. The van der Waals surface area contributed by atoms with Crippen LogP contribution in [0.2, 0.25) is 0 Å². The summed E-state index contributed by atoms with van der Waals surface area (Å²) in [4.78, 5) is 0. The minimum Gasteiger partial charge on any atom is -0.378 e. The SMILES string of the molecule is C[C@@H]1CCC2OCCC[C@@H]2C1. The van der Waals surface area contributed by atoms with Gasteiger partial charge in [0.1, 0.15) is 0 Å². The van der Waals surface area contributed by atoms with E-state index in [1.165, 1.54) is 32.1 Å². The van der Waals surface area contributed by atoms with Crippen molar-refractivity contribution in [3.05, 3.63) is 0 Å². The minimum absolute atomic E-state index is 0.639. The summed E-state index contributed by atoms with van der Waals surface area (Å²) in [5, 5.41) is 0. The molecule has 64 valence electrons. The highest BCUT2D eigenvalue weighted by Gasteiger charge is 2.31. The highest BCUT2D eigenvalue weighted by molar-refractivity contribution is 4.81. The zero-order chi connectivity index (χ0) is 7.68. The summed E-state index contributed by atoms with van der Waals surface area (Å²) in [6.45, 7) is 3.40. The van der Waals surface area contributed by atoms with Crippen LogP contribution in [0, 0.1) is 11.8 Å². The van der Waals surface area contributed by atoms with Crippen LogP contribution in [0.15, 0.2) is 0 Å². The number of hydrogen-bond acceptors (Lipinski definition) is 1. The lowest BCUT2D eigenvalue weighted by molar-refractivity contribution is -0.0561. The van der Waals surface area contributed by atoms with Gasteiger partial charge < -0.3 is 4.74 Å². The molecule has 1 heteroatoms. The van der Waals surface area contributed by atoms with Crippen LogP contribution in [0.25, 0.3) is 0 Å². The quantitative estimate of drug-likeness (QED) is 0.521. The van der Waals surface area contributed by atoms with Crippen LogP contribution in [0.1, 0.15) is 39.0 Å². The van der Waals surface area contributed by atoms with Crippen LogP contribution in [-0.2, 0) is 4.74 Å². The highest BCUT2D eigenvalue weighted by Crippen LogP contribution is 2.36. The Morgan fingerprint density at radius 2 is 2.09 bits per heavy atom. The summed E-state index contributed by atoms with van der Waals surface area (Å²) in [6.07, 6.45) is 7.50. The molecule has 0 radical (unpaired) electrons. The van der Waals surface area contributed by atoms with E-state index < -0.39 is 0 Å². The van der Waals surface area contributed by atoms with Gasteiger partial charge in [0.15, 0.2) is 0 Å². The van der Waals surface area contributed by atoms with Gasteiger partial charge in [-0.1, -0.05) is 6.92 Å². The zero-order valence-electron chi connectivity index (χ0n) is 7.38. The van der Waals surface area contributed by atoms with Crippen LogP contribution < -0.4 is 0 Å². The molecule has 0 spiro atoms. The van der Waals surface area contributed by atoms with Gasteiger partial charge in [-0.2, -0.15) is 0 Å². The smallest absolute Gasteiger partial charge is 0.0603 e. The summed E-state index contributed by atoms with van der Waals surface area (Å²) in [5.74, 6) is 1.87. The largest absolute Gasteiger partial charge is 0.378 e. The second-order valence-corrected chi connectivity index (χ2v) is 4.23. The Hall–Kier alpha value is -0.0400. The summed E-state index contributed by atoms with van der Waals surface area (Å²) in [6, 6.07) is 0. The third-order valence-electron chi connectivity index (χ3n) is 3.23. The Morgan fingerprint density at radius 3 is 3.00 bits per heavy atom. The fraction of sp³-hybridized carbons (Fsp3) is 1.00. The van der Waals surface area contributed by atoms with Gasteiger partial charge in [-0.05, 0) is 43.9 Å². The van der Waals surface area contributed by atoms with Crippen molar-refractivity contribution >= 4 is 0 Å². The first-order valence-corrected chi connectivity index (χ1v) is 4.98. The topological polar surface area (TPSA) is 9.23 Å². The zero-order valence-corrected chi connectivity index (χ0v) is 7.38. The third kappa shape index (κ3) is 1.58. The predicted molar refractivity (Wildman–Crippen MR) is 45.5 cm³/mol. The van der Waals surface area contributed by atoms with E-state index in [-0.39, 0.29) is 0 Å². The molecule has 0 amide bonds. The van der Waals surface area contributed by atoms with Crippen LogP contribution >= 0.6 is 0 Å². The van der Waals surface area contributed by atoms with Gasteiger partial charge in [-0.25, -0.2) is 0 Å². The van der Waals surface area contributed by atoms with Gasteiger partial charge in [0.05, 0.1) is 6.10 Å². The van der Waals surface area contributed by atoms with E-state index in [9.17, 15) is 0 Å². The van der Waals surface area contributed by atoms with Gasteiger partial charge in [-0.3, -0.25) is 0 Å². The lowest BCUT2D eigenvalue weighted by atomic mass is 9.77. The maximum Gasteiger partial charge on any atom is 0.0603 e. The molecule has 1 saturated heterocycles. The van der Waals surface area contributed by atoms with Gasteiger partial charge in [-0.15, -0.1) is 0 Å². The van der Waals surface area contributed by atoms with Crippen LogP contribution in [0.3, 0.4) is 0 Å². The molecular formula is C10H18O. The van der Waals surface area contributed by atoms with Crippen molar-refractivity contribution in [3.8, 4) is 0 Å². The molecule has 1 aliphatic heterocycles. The Balaban J connectivity index is 1.93. The molecule has 0 N–H and O–H groups in total. The molecule has 2 fully saturated rings. The van der Waals surface area contributed by atoms with E-state index in [4.69, 9.17) is 4.74 Å². The maximum absolute atomic E-state index is 5.73. The van der Waals surface area contributed by atoms with Crippen LogP contribution in [0.4, 0.5) is 0 Å².